The minimum atomic E-state index is 0.291. The zero-order chi connectivity index (χ0) is 14.5. The van der Waals surface area contributed by atoms with Crippen molar-refractivity contribution in [1.82, 2.24) is 14.9 Å². The Hall–Kier alpha value is -1.81. The number of likely N-dealkylation sites (N-methyl/N-ethyl adjacent to an activating group) is 1. The normalized spacial score (nSPS) is 12.4. The number of benzene rings is 1. The van der Waals surface area contributed by atoms with Crippen LogP contribution in [0.2, 0.25) is 0 Å². The van der Waals surface area contributed by atoms with Crippen LogP contribution in [0.1, 0.15) is 24.4 Å². The highest BCUT2D eigenvalue weighted by molar-refractivity contribution is 5.46. The largest absolute Gasteiger partial charge is 0.378 e. The first-order valence-electron chi connectivity index (χ1n) is 7.10. The molecule has 0 spiro atoms. The molecule has 1 aromatic heterocycles. The van der Waals surface area contributed by atoms with E-state index in [-0.39, 0.29) is 0 Å². The van der Waals surface area contributed by atoms with Crippen LogP contribution in [0, 0.1) is 0 Å². The maximum absolute atomic E-state index is 4.46. The molecule has 0 radical (unpaired) electrons. The van der Waals surface area contributed by atoms with Crippen LogP contribution in [0.25, 0.3) is 0 Å². The van der Waals surface area contributed by atoms with Gasteiger partial charge in [-0.15, -0.1) is 0 Å². The molecule has 20 heavy (non-hydrogen) atoms. The summed E-state index contributed by atoms with van der Waals surface area (Å²) in [6, 6.07) is 8.99. The van der Waals surface area contributed by atoms with E-state index in [4.69, 9.17) is 0 Å². The number of anilines is 1. The quantitative estimate of drug-likeness (QED) is 0.877. The lowest BCUT2D eigenvalue weighted by Crippen LogP contribution is -2.21. The molecule has 0 saturated carbocycles. The van der Waals surface area contributed by atoms with Crippen LogP contribution >= 0.6 is 0 Å². The van der Waals surface area contributed by atoms with E-state index in [0.717, 1.165) is 18.8 Å². The number of aryl methyl sites for hydroxylation is 1. The molecule has 4 heteroatoms. The van der Waals surface area contributed by atoms with Gasteiger partial charge in [0.15, 0.2) is 0 Å². The third kappa shape index (κ3) is 3.20. The zero-order valence-electron chi connectivity index (χ0n) is 12.8. The molecule has 0 fully saturated rings. The Morgan fingerprint density at radius 3 is 2.50 bits per heavy atom. The molecule has 108 valence electrons. The van der Waals surface area contributed by atoms with Crippen molar-refractivity contribution in [2.75, 3.05) is 26.0 Å². The number of nitrogens with zero attached hydrogens (tertiary/aromatic N) is 3. The average Bonchev–Trinajstić information content (AvgIpc) is 2.92. The van der Waals surface area contributed by atoms with E-state index in [2.05, 4.69) is 65.1 Å². The molecule has 0 saturated heterocycles. The topological polar surface area (TPSA) is 33.1 Å². The van der Waals surface area contributed by atoms with E-state index in [1.807, 2.05) is 19.4 Å². The number of aromatic nitrogens is 2. The lowest BCUT2D eigenvalue weighted by atomic mass is 10.0. The summed E-state index contributed by atoms with van der Waals surface area (Å²) in [7, 11) is 6.12. The van der Waals surface area contributed by atoms with Gasteiger partial charge in [-0.1, -0.05) is 12.1 Å². The van der Waals surface area contributed by atoms with Crippen LogP contribution in [0.15, 0.2) is 36.7 Å². The van der Waals surface area contributed by atoms with Gasteiger partial charge in [0.05, 0.1) is 0 Å². The van der Waals surface area contributed by atoms with Crippen molar-refractivity contribution in [3.8, 4) is 0 Å². The number of hydrogen-bond donors (Lipinski definition) is 1. The second kappa shape index (κ2) is 6.57. The molecule has 1 N–H and O–H groups in total. The minimum absolute atomic E-state index is 0.291. The summed E-state index contributed by atoms with van der Waals surface area (Å²) in [4.78, 5) is 6.57. The highest BCUT2D eigenvalue weighted by Crippen LogP contribution is 2.20. The second-order valence-corrected chi connectivity index (χ2v) is 5.16. The number of rotatable bonds is 6. The highest BCUT2D eigenvalue weighted by atomic mass is 15.1. The molecule has 2 rings (SSSR count). The molecule has 0 aliphatic carbocycles. The predicted octanol–water partition coefficient (Wildman–Crippen LogP) is 2.47. The summed E-state index contributed by atoms with van der Waals surface area (Å²) in [6.07, 6.45) is 4.82. The Balaban J connectivity index is 2.15. The third-order valence-electron chi connectivity index (χ3n) is 3.69. The molecule has 1 atom stereocenters. The lowest BCUT2D eigenvalue weighted by molar-refractivity contribution is 0.553. The highest BCUT2D eigenvalue weighted by Gasteiger charge is 2.13. The van der Waals surface area contributed by atoms with E-state index >= 15 is 0 Å². The Bertz CT molecular complexity index is 528. The Labute approximate surface area is 121 Å². The van der Waals surface area contributed by atoms with Crippen molar-refractivity contribution in [2.45, 2.75) is 25.9 Å². The number of hydrogen-bond acceptors (Lipinski definition) is 3. The van der Waals surface area contributed by atoms with Crippen LogP contribution < -0.4 is 10.2 Å². The number of nitrogens with one attached hydrogen (secondary N) is 1. The van der Waals surface area contributed by atoms with Gasteiger partial charge in [0, 0.05) is 51.2 Å². The smallest absolute Gasteiger partial charge is 0.110 e. The zero-order valence-corrected chi connectivity index (χ0v) is 12.8. The molecule has 0 bridgehead atoms. The van der Waals surface area contributed by atoms with Gasteiger partial charge in [-0.25, -0.2) is 4.98 Å². The van der Waals surface area contributed by atoms with Gasteiger partial charge in [-0.2, -0.15) is 0 Å². The van der Waals surface area contributed by atoms with Crippen molar-refractivity contribution >= 4 is 5.69 Å². The third-order valence-corrected chi connectivity index (χ3v) is 3.69. The summed E-state index contributed by atoms with van der Waals surface area (Å²) in [6.45, 7) is 3.11. The summed E-state index contributed by atoms with van der Waals surface area (Å²) >= 11 is 0. The standard InChI is InChI=1S/C16H24N4/c1-5-20-11-10-18-16(20)12-15(17-2)13-6-8-14(9-7-13)19(3)4/h6-11,15,17H,5,12H2,1-4H3. The van der Waals surface area contributed by atoms with Crippen molar-refractivity contribution < 1.29 is 0 Å². The monoisotopic (exact) mass is 272 g/mol. The summed E-state index contributed by atoms with van der Waals surface area (Å²) in [5.74, 6) is 1.13. The molecular weight excluding hydrogens is 248 g/mol. The van der Waals surface area contributed by atoms with Crippen molar-refractivity contribution in [3.63, 3.8) is 0 Å². The molecule has 2 aromatic rings. The van der Waals surface area contributed by atoms with E-state index in [1.54, 1.807) is 0 Å². The van der Waals surface area contributed by atoms with E-state index in [9.17, 15) is 0 Å². The van der Waals surface area contributed by atoms with Crippen molar-refractivity contribution in [2.24, 2.45) is 0 Å². The number of imidazole rings is 1. The summed E-state index contributed by atoms with van der Waals surface area (Å²) < 4.78 is 2.19. The van der Waals surface area contributed by atoms with Crippen LogP contribution in [-0.4, -0.2) is 30.7 Å². The Morgan fingerprint density at radius 2 is 1.95 bits per heavy atom. The fourth-order valence-corrected chi connectivity index (χ4v) is 2.39. The molecule has 0 amide bonds. The van der Waals surface area contributed by atoms with Crippen molar-refractivity contribution in [1.29, 1.82) is 0 Å². The molecular formula is C16H24N4. The van der Waals surface area contributed by atoms with Gasteiger partial charge in [0.25, 0.3) is 0 Å². The van der Waals surface area contributed by atoms with Gasteiger partial charge in [-0.3, -0.25) is 0 Å². The van der Waals surface area contributed by atoms with Crippen LogP contribution in [0.3, 0.4) is 0 Å². The molecule has 0 aliphatic heterocycles. The second-order valence-electron chi connectivity index (χ2n) is 5.16. The fraction of sp³-hybridized carbons (Fsp3) is 0.438. The first kappa shape index (κ1) is 14.6. The van der Waals surface area contributed by atoms with Crippen LogP contribution in [0.5, 0.6) is 0 Å². The summed E-state index contributed by atoms with van der Waals surface area (Å²) in [5, 5.41) is 3.39. The van der Waals surface area contributed by atoms with Gasteiger partial charge in [0.2, 0.25) is 0 Å². The van der Waals surface area contributed by atoms with E-state index in [0.29, 0.717) is 6.04 Å². The minimum Gasteiger partial charge on any atom is -0.378 e. The van der Waals surface area contributed by atoms with Gasteiger partial charge in [0.1, 0.15) is 5.82 Å². The first-order chi connectivity index (χ1) is 9.65. The lowest BCUT2D eigenvalue weighted by Gasteiger charge is -2.19. The molecule has 1 unspecified atom stereocenters. The maximum Gasteiger partial charge on any atom is 0.110 e. The average molecular weight is 272 g/mol. The molecule has 0 aliphatic rings. The van der Waals surface area contributed by atoms with E-state index in [1.165, 1.54) is 11.3 Å². The van der Waals surface area contributed by atoms with E-state index < -0.39 is 0 Å². The summed E-state index contributed by atoms with van der Waals surface area (Å²) in [5.41, 5.74) is 2.52. The molecule has 4 nitrogen and oxygen atoms in total. The molecule has 1 heterocycles. The van der Waals surface area contributed by atoms with Crippen LogP contribution in [-0.2, 0) is 13.0 Å². The fourth-order valence-electron chi connectivity index (χ4n) is 2.39. The van der Waals surface area contributed by atoms with Gasteiger partial charge in [-0.05, 0) is 31.7 Å². The Morgan fingerprint density at radius 1 is 1.25 bits per heavy atom. The predicted molar refractivity (Wildman–Crippen MR) is 84.2 cm³/mol. The van der Waals surface area contributed by atoms with Crippen molar-refractivity contribution in [3.05, 3.63) is 48.0 Å². The van der Waals surface area contributed by atoms with Gasteiger partial charge >= 0.3 is 0 Å². The SMILES string of the molecule is CCn1ccnc1CC(NC)c1ccc(N(C)C)cc1. The Kier molecular flexibility index (Phi) is 4.79. The van der Waals surface area contributed by atoms with Gasteiger partial charge < -0.3 is 14.8 Å². The van der Waals surface area contributed by atoms with Crippen LogP contribution in [0.4, 0.5) is 5.69 Å². The maximum atomic E-state index is 4.46. The molecule has 1 aromatic carbocycles. The first-order valence-corrected chi connectivity index (χ1v) is 7.10.